The van der Waals surface area contributed by atoms with E-state index in [1.165, 1.54) is 0 Å². The van der Waals surface area contributed by atoms with E-state index in [1.54, 1.807) is 0 Å². The summed E-state index contributed by atoms with van der Waals surface area (Å²) in [5.74, 6) is 0. The molecule has 0 spiro atoms. The van der Waals surface area contributed by atoms with Crippen LogP contribution in [0.5, 0.6) is 0 Å². The molecule has 0 radical (unpaired) electrons. The van der Waals surface area contributed by atoms with E-state index < -0.39 is 0 Å². The lowest BCUT2D eigenvalue weighted by Gasteiger charge is -2.10. The number of hydrogen-bond donors (Lipinski definition) is 2. The molecule has 0 aromatic rings. The Morgan fingerprint density at radius 3 is 1.20 bits per heavy atom. The van der Waals surface area contributed by atoms with E-state index in [9.17, 15) is 10.2 Å². The molecule has 0 aliphatic heterocycles. The first kappa shape index (κ1) is 19.8. The van der Waals surface area contributed by atoms with Crippen molar-refractivity contribution in [2.24, 2.45) is 0 Å². The molecule has 2 atom stereocenters. The molecule has 2 N–H and O–H groups in total. The first-order chi connectivity index (χ1) is 9.70. The van der Waals surface area contributed by atoms with Gasteiger partial charge in [-0.05, 0) is 12.8 Å². The highest BCUT2D eigenvalue weighted by atomic mass is 16.6. The van der Waals surface area contributed by atoms with Crippen molar-refractivity contribution in [3.8, 4) is 0 Å². The van der Waals surface area contributed by atoms with Crippen LogP contribution in [0.4, 0.5) is 0 Å². The average molecular weight is 294 g/mol. The van der Waals surface area contributed by atoms with Crippen LogP contribution in [0.2, 0.25) is 0 Å². The molecule has 0 fully saturated rings. The van der Waals surface area contributed by atoms with Crippen LogP contribution in [0.3, 0.4) is 0 Å². The molecule has 0 rings (SSSR count). The third-order valence-electron chi connectivity index (χ3n) is 2.68. The highest BCUT2D eigenvalue weighted by Gasteiger charge is 2.00. The maximum atomic E-state index is 9.24. The summed E-state index contributed by atoms with van der Waals surface area (Å²) in [5.41, 5.74) is 0. The van der Waals surface area contributed by atoms with Gasteiger partial charge in [0.1, 0.15) is 0 Å². The van der Waals surface area contributed by atoms with Crippen molar-refractivity contribution in [3.05, 3.63) is 0 Å². The van der Waals surface area contributed by atoms with Gasteiger partial charge in [0.15, 0.2) is 0 Å². The summed E-state index contributed by atoms with van der Waals surface area (Å²) in [7, 11) is 0. The standard InChI is InChI=1S/C14H30O6/c1-3-13(15)11-19-9-7-17-5-6-18-8-10-20-12-14(16)4-2/h13-16H,3-12H2,1-2H3. The van der Waals surface area contributed by atoms with E-state index in [2.05, 4.69) is 0 Å². The molecular weight excluding hydrogens is 264 g/mol. The topological polar surface area (TPSA) is 77.4 Å². The molecule has 0 heterocycles. The van der Waals surface area contributed by atoms with Crippen molar-refractivity contribution in [1.29, 1.82) is 0 Å². The summed E-state index contributed by atoms with van der Waals surface area (Å²) in [6, 6.07) is 0. The Morgan fingerprint density at radius 2 is 0.900 bits per heavy atom. The van der Waals surface area contributed by atoms with Crippen LogP contribution in [0.1, 0.15) is 26.7 Å². The summed E-state index contributed by atoms with van der Waals surface area (Å²) >= 11 is 0. The Bertz CT molecular complexity index is 171. The van der Waals surface area contributed by atoms with E-state index in [0.29, 0.717) is 65.7 Å². The van der Waals surface area contributed by atoms with Crippen molar-refractivity contribution in [2.45, 2.75) is 38.9 Å². The van der Waals surface area contributed by atoms with Crippen molar-refractivity contribution in [1.82, 2.24) is 0 Å². The molecule has 0 amide bonds. The SMILES string of the molecule is CCC(O)COCCOCCOCCOCC(O)CC. The third kappa shape index (κ3) is 14.2. The highest BCUT2D eigenvalue weighted by molar-refractivity contribution is 4.48. The maximum absolute atomic E-state index is 9.24. The van der Waals surface area contributed by atoms with Crippen LogP contribution < -0.4 is 0 Å². The fourth-order valence-corrected chi connectivity index (χ4v) is 1.23. The van der Waals surface area contributed by atoms with Gasteiger partial charge in [-0.2, -0.15) is 0 Å². The molecule has 0 aromatic heterocycles. The summed E-state index contributed by atoms with van der Waals surface area (Å²) < 4.78 is 21.0. The normalized spacial score (nSPS) is 14.4. The summed E-state index contributed by atoms with van der Waals surface area (Å²) in [6.07, 6.45) is 0.632. The molecule has 0 aromatic carbocycles. The quantitative estimate of drug-likeness (QED) is 0.431. The zero-order valence-electron chi connectivity index (χ0n) is 12.8. The van der Waals surface area contributed by atoms with Gasteiger partial charge in [-0.25, -0.2) is 0 Å². The van der Waals surface area contributed by atoms with Crippen molar-refractivity contribution >= 4 is 0 Å². The van der Waals surface area contributed by atoms with E-state index in [0.717, 1.165) is 0 Å². The predicted molar refractivity (Wildman–Crippen MR) is 75.9 cm³/mol. The number of ether oxygens (including phenoxy) is 4. The summed E-state index contributed by atoms with van der Waals surface area (Å²) in [4.78, 5) is 0. The fraction of sp³-hybridized carbons (Fsp3) is 1.00. The lowest BCUT2D eigenvalue weighted by atomic mass is 10.3. The van der Waals surface area contributed by atoms with Crippen molar-refractivity contribution in [3.63, 3.8) is 0 Å². The molecule has 2 unspecified atom stereocenters. The zero-order valence-corrected chi connectivity index (χ0v) is 12.8. The fourth-order valence-electron chi connectivity index (χ4n) is 1.23. The van der Waals surface area contributed by atoms with Gasteiger partial charge in [0.05, 0.1) is 65.1 Å². The number of rotatable bonds is 15. The molecule has 122 valence electrons. The molecule has 0 aliphatic carbocycles. The Balaban J connectivity index is 3.03. The van der Waals surface area contributed by atoms with Crippen LogP contribution in [0.25, 0.3) is 0 Å². The van der Waals surface area contributed by atoms with Crippen LogP contribution in [0, 0.1) is 0 Å². The number of hydrogen-bond acceptors (Lipinski definition) is 6. The Hall–Kier alpha value is -0.240. The lowest BCUT2D eigenvalue weighted by Crippen LogP contribution is -2.18. The molecule has 0 saturated carbocycles. The highest BCUT2D eigenvalue weighted by Crippen LogP contribution is 1.91. The van der Waals surface area contributed by atoms with Crippen LogP contribution in [-0.4, -0.2) is 75.3 Å². The zero-order chi connectivity index (χ0) is 15.1. The first-order valence-corrected chi connectivity index (χ1v) is 7.37. The van der Waals surface area contributed by atoms with Gasteiger partial charge < -0.3 is 29.2 Å². The Kier molecular flexibility index (Phi) is 15.0. The first-order valence-electron chi connectivity index (χ1n) is 7.37. The van der Waals surface area contributed by atoms with Gasteiger partial charge in [-0.1, -0.05) is 13.8 Å². The van der Waals surface area contributed by atoms with Gasteiger partial charge in [-0.15, -0.1) is 0 Å². The monoisotopic (exact) mass is 294 g/mol. The van der Waals surface area contributed by atoms with E-state index in [-0.39, 0.29) is 12.2 Å². The van der Waals surface area contributed by atoms with E-state index >= 15 is 0 Å². The largest absolute Gasteiger partial charge is 0.391 e. The van der Waals surface area contributed by atoms with Gasteiger partial charge in [0.25, 0.3) is 0 Å². The number of aliphatic hydroxyl groups is 2. The van der Waals surface area contributed by atoms with Crippen LogP contribution in [-0.2, 0) is 18.9 Å². The van der Waals surface area contributed by atoms with Crippen molar-refractivity contribution in [2.75, 3.05) is 52.9 Å². The molecule has 6 heteroatoms. The van der Waals surface area contributed by atoms with E-state index in [1.807, 2.05) is 13.8 Å². The molecular formula is C14H30O6. The third-order valence-corrected chi connectivity index (χ3v) is 2.68. The average Bonchev–Trinajstić information content (AvgIpc) is 2.47. The van der Waals surface area contributed by atoms with Crippen LogP contribution in [0.15, 0.2) is 0 Å². The minimum absolute atomic E-state index is 0.358. The lowest BCUT2D eigenvalue weighted by molar-refractivity contribution is -0.0247. The predicted octanol–water partition coefficient (Wildman–Crippen LogP) is 0.595. The minimum atomic E-state index is -0.385. The number of aliphatic hydroxyl groups excluding tert-OH is 2. The van der Waals surface area contributed by atoms with Gasteiger partial charge in [-0.3, -0.25) is 0 Å². The van der Waals surface area contributed by atoms with Gasteiger partial charge in [0.2, 0.25) is 0 Å². The second kappa shape index (κ2) is 15.2. The summed E-state index contributed by atoms with van der Waals surface area (Å²) in [6.45, 7) is 7.52. The van der Waals surface area contributed by atoms with Crippen molar-refractivity contribution < 1.29 is 29.2 Å². The Morgan fingerprint density at radius 1 is 0.600 bits per heavy atom. The smallest absolute Gasteiger partial charge is 0.0771 e. The molecule has 6 nitrogen and oxygen atoms in total. The second-order valence-corrected chi connectivity index (χ2v) is 4.50. The molecule has 0 bridgehead atoms. The second-order valence-electron chi connectivity index (χ2n) is 4.50. The van der Waals surface area contributed by atoms with Gasteiger partial charge >= 0.3 is 0 Å². The summed E-state index contributed by atoms with van der Waals surface area (Å²) in [5, 5.41) is 18.5. The minimum Gasteiger partial charge on any atom is -0.391 e. The van der Waals surface area contributed by atoms with Crippen LogP contribution >= 0.6 is 0 Å². The van der Waals surface area contributed by atoms with E-state index in [4.69, 9.17) is 18.9 Å². The molecule has 20 heavy (non-hydrogen) atoms. The molecule has 0 aliphatic rings. The maximum Gasteiger partial charge on any atom is 0.0771 e. The Labute approximate surface area is 122 Å². The molecule has 0 saturated heterocycles. The van der Waals surface area contributed by atoms with Gasteiger partial charge in [0, 0.05) is 0 Å².